The molecule has 2 aromatic rings. The lowest BCUT2D eigenvalue weighted by atomic mass is 10.0. The second-order valence-electron chi connectivity index (χ2n) is 5.37. The van der Waals surface area contributed by atoms with Crippen molar-refractivity contribution in [1.29, 1.82) is 0 Å². The van der Waals surface area contributed by atoms with E-state index in [1.165, 1.54) is 12.1 Å². The first-order valence-electron chi connectivity index (χ1n) is 7.41. The van der Waals surface area contributed by atoms with E-state index < -0.39 is 0 Å². The monoisotopic (exact) mass is 319 g/mol. The fraction of sp³-hybridized carbons (Fsp3) is 0.353. The maximum atomic E-state index is 13.4. The minimum atomic E-state index is -0.381. The first kappa shape index (κ1) is 15.2. The third-order valence-electron chi connectivity index (χ3n) is 3.87. The van der Waals surface area contributed by atoms with Crippen LogP contribution in [-0.2, 0) is 11.3 Å². The minimum Gasteiger partial charge on any atom is -0.381 e. The predicted molar refractivity (Wildman–Crippen MR) is 84.4 cm³/mol. The zero-order chi connectivity index (χ0) is 15.4. The molecule has 0 spiro atoms. The maximum Gasteiger partial charge on any atom is 0.254 e. The molecule has 0 radical (unpaired) electrons. The Balaban J connectivity index is 1.84. The molecule has 1 aromatic heterocycles. The van der Waals surface area contributed by atoms with Gasteiger partial charge in [0.2, 0.25) is 0 Å². The van der Waals surface area contributed by atoms with Crippen molar-refractivity contribution >= 4 is 17.2 Å². The molecule has 1 fully saturated rings. The Kier molecular flexibility index (Phi) is 4.85. The van der Waals surface area contributed by atoms with Crippen molar-refractivity contribution in [3.63, 3.8) is 0 Å². The molecular formula is C17H18FNO2S. The topological polar surface area (TPSA) is 29.5 Å². The number of carbonyl (C=O) groups excluding carboxylic acids is 1. The molecule has 0 atom stereocenters. The van der Waals surface area contributed by atoms with Gasteiger partial charge in [0.05, 0.1) is 6.54 Å². The van der Waals surface area contributed by atoms with Crippen LogP contribution < -0.4 is 0 Å². The van der Waals surface area contributed by atoms with Gasteiger partial charge in [0, 0.05) is 29.7 Å². The Morgan fingerprint density at radius 3 is 2.77 bits per heavy atom. The number of benzene rings is 1. The highest BCUT2D eigenvalue weighted by molar-refractivity contribution is 7.09. The van der Waals surface area contributed by atoms with E-state index in [0.717, 1.165) is 17.7 Å². The van der Waals surface area contributed by atoms with E-state index in [9.17, 15) is 9.18 Å². The first-order valence-corrected chi connectivity index (χ1v) is 8.28. The predicted octanol–water partition coefficient (Wildman–Crippen LogP) is 3.71. The Morgan fingerprint density at radius 2 is 2.09 bits per heavy atom. The van der Waals surface area contributed by atoms with Crippen LogP contribution in [0.1, 0.15) is 28.1 Å². The van der Waals surface area contributed by atoms with E-state index in [1.54, 1.807) is 23.5 Å². The van der Waals surface area contributed by atoms with Crippen molar-refractivity contribution in [3.8, 4) is 0 Å². The standard InChI is InChI=1S/C17H18FNO2S/c18-14-4-1-3-13(11-14)17(20)19(12-16-5-2-10-22-16)15-6-8-21-9-7-15/h1-5,10-11,15H,6-9,12H2. The third-order valence-corrected chi connectivity index (χ3v) is 4.73. The fourth-order valence-electron chi connectivity index (χ4n) is 2.72. The molecule has 22 heavy (non-hydrogen) atoms. The summed E-state index contributed by atoms with van der Waals surface area (Å²) in [6.07, 6.45) is 1.65. The summed E-state index contributed by atoms with van der Waals surface area (Å²) in [6.45, 7) is 1.90. The molecule has 3 rings (SSSR count). The van der Waals surface area contributed by atoms with Crippen molar-refractivity contribution in [1.82, 2.24) is 4.90 Å². The number of hydrogen-bond donors (Lipinski definition) is 0. The van der Waals surface area contributed by atoms with Crippen molar-refractivity contribution in [2.24, 2.45) is 0 Å². The highest BCUT2D eigenvalue weighted by Crippen LogP contribution is 2.22. The van der Waals surface area contributed by atoms with Crippen LogP contribution in [0.25, 0.3) is 0 Å². The van der Waals surface area contributed by atoms with Gasteiger partial charge in [-0.15, -0.1) is 11.3 Å². The molecule has 0 bridgehead atoms. The minimum absolute atomic E-state index is 0.111. The SMILES string of the molecule is O=C(c1cccc(F)c1)N(Cc1cccs1)C1CCOCC1. The Hall–Kier alpha value is -1.72. The van der Waals surface area contributed by atoms with Gasteiger partial charge in [0.25, 0.3) is 5.91 Å². The van der Waals surface area contributed by atoms with Crippen LogP contribution >= 0.6 is 11.3 Å². The van der Waals surface area contributed by atoms with Crippen LogP contribution in [0.5, 0.6) is 0 Å². The van der Waals surface area contributed by atoms with E-state index in [-0.39, 0.29) is 17.8 Å². The van der Waals surface area contributed by atoms with Crippen molar-refractivity contribution in [2.75, 3.05) is 13.2 Å². The molecule has 0 aliphatic carbocycles. The molecule has 0 saturated carbocycles. The number of thiophene rings is 1. The fourth-order valence-corrected chi connectivity index (χ4v) is 3.42. The largest absolute Gasteiger partial charge is 0.381 e. The van der Waals surface area contributed by atoms with Crippen LogP contribution in [0.4, 0.5) is 4.39 Å². The summed E-state index contributed by atoms with van der Waals surface area (Å²) >= 11 is 1.63. The van der Waals surface area contributed by atoms with Gasteiger partial charge in [-0.25, -0.2) is 4.39 Å². The normalized spacial score (nSPS) is 15.7. The number of nitrogens with zero attached hydrogens (tertiary/aromatic N) is 1. The zero-order valence-electron chi connectivity index (χ0n) is 12.2. The van der Waals surface area contributed by atoms with Crippen molar-refractivity contribution in [2.45, 2.75) is 25.4 Å². The number of amides is 1. The molecule has 116 valence electrons. The van der Waals surface area contributed by atoms with Crippen LogP contribution in [0, 0.1) is 5.82 Å². The van der Waals surface area contributed by atoms with Crippen LogP contribution in [0.15, 0.2) is 41.8 Å². The molecule has 1 saturated heterocycles. The lowest BCUT2D eigenvalue weighted by molar-refractivity contribution is 0.0270. The van der Waals surface area contributed by atoms with Crippen LogP contribution in [-0.4, -0.2) is 30.1 Å². The average Bonchev–Trinajstić information content (AvgIpc) is 3.06. The first-order chi connectivity index (χ1) is 10.7. The van der Waals surface area contributed by atoms with Crippen molar-refractivity contribution < 1.29 is 13.9 Å². The summed E-state index contributed by atoms with van der Waals surface area (Å²) in [6, 6.07) is 10.1. The molecular weight excluding hydrogens is 301 g/mol. The van der Waals surface area contributed by atoms with Crippen LogP contribution in [0.3, 0.4) is 0 Å². The van der Waals surface area contributed by atoms with E-state index in [0.29, 0.717) is 25.3 Å². The van der Waals surface area contributed by atoms with Gasteiger partial charge in [0.15, 0.2) is 0 Å². The molecule has 1 aliphatic rings. The maximum absolute atomic E-state index is 13.4. The summed E-state index contributed by atoms with van der Waals surface area (Å²) < 4.78 is 18.8. The zero-order valence-corrected chi connectivity index (χ0v) is 13.0. The van der Waals surface area contributed by atoms with E-state index >= 15 is 0 Å². The lowest BCUT2D eigenvalue weighted by Gasteiger charge is -2.34. The van der Waals surface area contributed by atoms with Crippen molar-refractivity contribution in [3.05, 3.63) is 58.0 Å². The molecule has 0 N–H and O–H groups in total. The average molecular weight is 319 g/mol. The van der Waals surface area contributed by atoms with Gasteiger partial charge in [-0.3, -0.25) is 4.79 Å². The summed E-state index contributed by atoms with van der Waals surface area (Å²) in [5, 5.41) is 2.00. The number of hydrogen-bond acceptors (Lipinski definition) is 3. The van der Waals surface area contributed by atoms with Gasteiger partial charge in [-0.1, -0.05) is 12.1 Å². The van der Waals surface area contributed by atoms with Gasteiger partial charge >= 0.3 is 0 Å². The number of halogens is 1. The molecule has 0 unspecified atom stereocenters. The lowest BCUT2D eigenvalue weighted by Crippen LogP contribution is -2.42. The van der Waals surface area contributed by atoms with E-state index in [2.05, 4.69) is 0 Å². The van der Waals surface area contributed by atoms with Gasteiger partial charge < -0.3 is 9.64 Å². The Labute approximate surface area is 133 Å². The number of ether oxygens (including phenoxy) is 1. The highest BCUT2D eigenvalue weighted by atomic mass is 32.1. The van der Waals surface area contributed by atoms with E-state index in [4.69, 9.17) is 4.74 Å². The van der Waals surface area contributed by atoms with Gasteiger partial charge in [0.1, 0.15) is 5.82 Å². The molecule has 5 heteroatoms. The van der Waals surface area contributed by atoms with Crippen LogP contribution in [0.2, 0.25) is 0 Å². The summed E-state index contributed by atoms with van der Waals surface area (Å²) in [7, 11) is 0. The molecule has 1 aliphatic heterocycles. The molecule has 1 aromatic carbocycles. The molecule has 2 heterocycles. The molecule has 3 nitrogen and oxygen atoms in total. The third kappa shape index (κ3) is 3.54. The number of rotatable bonds is 4. The summed E-state index contributed by atoms with van der Waals surface area (Å²) in [5.74, 6) is -0.492. The van der Waals surface area contributed by atoms with Gasteiger partial charge in [-0.2, -0.15) is 0 Å². The smallest absolute Gasteiger partial charge is 0.254 e. The highest BCUT2D eigenvalue weighted by Gasteiger charge is 2.27. The second kappa shape index (κ2) is 7.03. The number of carbonyl (C=O) groups is 1. The summed E-state index contributed by atoms with van der Waals surface area (Å²) in [4.78, 5) is 15.8. The second-order valence-corrected chi connectivity index (χ2v) is 6.40. The molecule has 1 amide bonds. The Bertz CT molecular complexity index is 623. The van der Waals surface area contributed by atoms with E-state index in [1.807, 2.05) is 22.4 Å². The summed E-state index contributed by atoms with van der Waals surface area (Å²) in [5.41, 5.74) is 0.406. The Morgan fingerprint density at radius 1 is 1.27 bits per heavy atom. The quantitative estimate of drug-likeness (QED) is 0.860. The van der Waals surface area contributed by atoms with Gasteiger partial charge in [-0.05, 0) is 42.5 Å².